The molecule has 0 saturated carbocycles. The van der Waals surface area contributed by atoms with E-state index in [4.69, 9.17) is 9.47 Å². The van der Waals surface area contributed by atoms with Gasteiger partial charge in [-0.1, -0.05) is 12.1 Å². The molecule has 23 heavy (non-hydrogen) atoms. The Kier molecular flexibility index (Phi) is 4.97. The molecule has 1 atom stereocenters. The van der Waals surface area contributed by atoms with Crippen LogP contribution in [0.5, 0.6) is 11.5 Å². The molecule has 1 aromatic rings. The lowest BCUT2D eigenvalue weighted by Crippen LogP contribution is -2.53. The molecule has 2 saturated heterocycles. The van der Waals surface area contributed by atoms with Gasteiger partial charge in [0.05, 0.1) is 0 Å². The largest absolute Gasteiger partial charge is 0.486 e. The van der Waals surface area contributed by atoms with Crippen LogP contribution in [0.2, 0.25) is 0 Å². The van der Waals surface area contributed by atoms with Crippen LogP contribution in [0.25, 0.3) is 0 Å². The van der Waals surface area contributed by atoms with E-state index in [0.717, 1.165) is 37.2 Å². The molecule has 2 fully saturated rings. The first-order chi connectivity index (χ1) is 11.4. The van der Waals surface area contributed by atoms with E-state index in [9.17, 15) is 0 Å². The highest BCUT2D eigenvalue weighted by Gasteiger charge is 2.28. The zero-order valence-electron chi connectivity index (χ0n) is 13.7. The number of hydrogen-bond acceptors (Lipinski definition) is 5. The number of fused-ring (bicyclic) bond motifs is 1. The molecular weight excluding hydrogens is 308 g/mol. The zero-order chi connectivity index (χ0) is 15.5. The van der Waals surface area contributed by atoms with Crippen molar-refractivity contribution in [2.75, 3.05) is 50.8 Å². The molecule has 0 amide bonds. The molecule has 0 radical (unpaired) electrons. The average molecular weight is 334 g/mol. The number of rotatable bonds is 3. The van der Waals surface area contributed by atoms with E-state index in [2.05, 4.69) is 21.6 Å². The molecule has 0 bridgehead atoms. The van der Waals surface area contributed by atoms with Crippen molar-refractivity contribution in [2.45, 2.75) is 25.0 Å². The minimum Gasteiger partial charge on any atom is -0.486 e. The predicted octanol–water partition coefficient (Wildman–Crippen LogP) is 2.34. The third-order valence-electron chi connectivity index (χ3n) is 5.14. The van der Waals surface area contributed by atoms with Crippen LogP contribution in [0.4, 0.5) is 0 Å². The molecule has 3 heterocycles. The van der Waals surface area contributed by atoms with Crippen LogP contribution in [-0.4, -0.2) is 72.8 Å². The summed E-state index contributed by atoms with van der Waals surface area (Å²) < 4.78 is 11.9. The Hall–Kier alpha value is -0.910. The van der Waals surface area contributed by atoms with Gasteiger partial charge >= 0.3 is 0 Å². The van der Waals surface area contributed by atoms with Gasteiger partial charge in [-0.05, 0) is 36.5 Å². The van der Waals surface area contributed by atoms with Crippen molar-refractivity contribution in [3.63, 3.8) is 0 Å². The van der Waals surface area contributed by atoms with E-state index in [-0.39, 0.29) is 6.10 Å². The van der Waals surface area contributed by atoms with E-state index in [1.807, 2.05) is 24.3 Å². The van der Waals surface area contributed by atoms with Crippen LogP contribution in [-0.2, 0) is 0 Å². The number of hydrogen-bond donors (Lipinski definition) is 0. The predicted molar refractivity (Wildman–Crippen MR) is 94.7 cm³/mol. The number of piperazine rings is 1. The lowest BCUT2D eigenvalue weighted by Gasteiger charge is -2.41. The summed E-state index contributed by atoms with van der Waals surface area (Å²) in [6.45, 7) is 6.37. The SMILES string of the molecule is c1ccc2c(c1)OCC(CN1CCN(C3CCSCC3)CC1)O2. The molecule has 0 spiro atoms. The first kappa shape index (κ1) is 15.6. The lowest BCUT2D eigenvalue weighted by molar-refractivity contribution is 0.0312. The van der Waals surface area contributed by atoms with Crippen molar-refractivity contribution in [3.05, 3.63) is 24.3 Å². The zero-order valence-corrected chi connectivity index (χ0v) is 14.5. The third-order valence-corrected chi connectivity index (χ3v) is 6.19. The summed E-state index contributed by atoms with van der Waals surface area (Å²) in [6, 6.07) is 8.81. The van der Waals surface area contributed by atoms with Crippen LogP contribution >= 0.6 is 11.8 Å². The summed E-state index contributed by atoms with van der Waals surface area (Å²) in [4.78, 5) is 5.25. The highest BCUT2D eigenvalue weighted by molar-refractivity contribution is 7.99. The summed E-state index contributed by atoms with van der Waals surface area (Å²) in [6.07, 6.45) is 2.91. The van der Waals surface area contributed by atoms with Gasteiger partial charge in [0.2, 0.25) is 0 Å². The lowest BCUT2D eigenvalue weighted by atomic mass is 10.1. The van der Waals surface area contributed by atoms with E-state index in [1.165, 1.54) is 37.4 Å². The maximum absolute atomic E-state index is 6.09. The van der Waals surface area contributed by atoms with Crippen LogP contribution in [0.1, 0.15) is 12.8 Å². The fraction of sp³-hybridized carbons (Fsp3) is 0.667. The smallest absolute Gasteiger partial charge is 0.161 e. The van der Waals surface area contributed by atoms with E-state index in [0.29, 0.717) is 6.61 Å². The van der Waals surface area contributed by atoms with Gasteiger partial charge in [0.25, 0.3) is 0 Å². The van der Waals surface area contributed by atoms with E-state index < -0.39 is 0 Å². The van der Waals surface area contributed by atoms with Crippen molar-refractivity contribution in [3.8, 4) is 11.5 Å². The molecule has 0 aliphatic carbocycles. The summed E-state index contributed by atoms with van der Waals surface area (Å²) in [5.74, 6) is 4.46. The topological polar surface area (TPSA) is 24.9 Å². The van der Waals surface area contributed by atoms with Gasteiger partial charge in [-0.3, -0.25) is 9.80 Å². The van der Waals surface area contributed by atoms with Gasteiger partial charge in [0.1, 0.15) is 12.7 Å². The first-order valence-corrected chi connectivity index (χ1v) is 9.96. The Morgan fingerprint density at radius 3 is 2.52 bits per heavy atom. The molecule has 4 nitrogen and oxygen atoms in total. The second-order valence-corrected chi connectivity index (χ2v) is 7.90. The van der Waals surface area contributed by atoms with Crippen LogP contribution in [0.15, 0.2) is 24.3 Å². The van der Waals surface area contributed by atoms with Crippen molar-refractivity contribution in [2.24, 2.45) is 0 Å². The fourth-order valence-corrected chi connectivity index (χ4v) is 4.88. The van der Waals surface area contributed by atoms with Crippen LogP contribution in [0, 0.1) is 0 Å². The molecular formula is C18H26N2O2S. The van der Waals surface area contributed by atoms with Gasteiger partial charge in [-0.25, -0.2) is 0 Å². The summed E-state index contributed by atoms with van der Waals surface area (Å²) in [5.41, 5.74) is 0. The number of thioether (sulfide) groups is 1. The van der Waals surface area contributed by atoms with Crippen molar-refractivity contribution in [1.29, 1.82) is 0 Å². The Balaban J connectivity index is 1.25. The Morgan fingerprint density at radius 1 is 1.00 bits per heavy atom. The number of ether oxygens (including phenoxy) is 2. The van der Waals surface area contributed by atoms with Gasteiger partial charge < -0.3 is 9.47 Å². The maximum Gasteiger partial charge on any atom is 0.161 e. The second-order valence-electron chi connectivity index (χ2n) is 6.68. The van der Waals surface area contributed by atoms with E-state index in [1.54, 1.807) is 0 Å². The van der Waals surface area contributed by atoms with Gasteiger partial charge in [-0.15, -0.1) is 0 Å². The van der Waals surface area contributed by atoms with Crippen molar-refractivity contribution in [1.82, 2.24) is 9.80 Å². The molecule has 0 N–H and O–H groups in total. The molecule has 4 rings (SSSR count). The Bertz CT molecular complexity index is 513. The standard InChI is InChI=1S/C18H26N2O2S/c1-2-4-18-17(3-1)21-14-16(22-18)13-19-7-9-20(10-8-19)15-5-11-23-12-6-15/h1-4,15-16H,5-14H2. The van der Waals surface area contributed by atoms with Crippen LogP contribution < -0.4 is 9.47 Å². The van der Waals surface area contributed by atoms with Crippen molar-refractivity contribution >= 4 is 11.8 Å². The van der Waals surface area contributed by atoms with Gasteiger partial charge in [0.15, 0.2) is 11.5 Å². The first-order valence-electron chi connectivity index (χ1n) is 8.81. The fourth-order valence-electron chi connectivity index (χ4n) is 3.80. The highest BCUT2D eigenvalue weighted by Crippen LogP contribution is 2.31. The maximum atomic E-state index is 6.09. The number of nitrogens with zero attached hydrogens (tertiary/aromatic N) is 2. The molecule has 5 heteroatoms. The Morgan fingerprint density at radius 2 is 1.74 bits per heavy atom. The number of para-hydroxylation sites is 2. The van der Waals surface area contributed by atoms with Crippen LogP contribution in [0.3, 0.4) is 0 Å². The summed E-state index contributed by atoms with van der Waals surface area (Å²) in [5, 5.41) is 0. The molecule has 1 aromatic carbocycles. The van der Waals surface area contributed by atoms with E-state index >= 15 is 0 Å². The van der Waals surface area contributed by atoms with Gasteiger partial charge in [-0.2, -0.15) is 11.8 Å². The molecule has 3 aliphatic heterocycles. The monoisotopic (exact) mass is 334 g/mol. The quantitative estimate of drug-likeness (QED) is 0.845. The highest BCUT2D eigenvalue weighted by atomic mass is 32.2. The molecule has 1 unspecified atom stereocenters. The molecule has 3 aliphatic rings. The average Bonchev–Trinajstić information content (AvgIpc) is 2.63. The van der Waals surface area contributed by atoms with Gasteiger partial charge in [0, 0.05) is 38.8 Å². The normalized spacial score (nSPS) is 27.0. The molecule has 126 valence electrons. The second kappa shape index (κ2) is 7.32. The molecule has 0 aromatic heterocycles. The summed E-state index contributed by atoms with van der Waals surface area (Å²) in [7, 11) is 0. The minimum absolute atomic E-state index is 0.155. The number of benzene rings is 1. The van der Waals surface area contributed by atoms with Crippen molar-refractivity contribution < 1.29 is 9.47 Å². The Labute approximate surface area is 143 Å². The summed E-state index contributed by atoms with van der Waals surface area (Å²) >= 11 is 2.11. The third kappa shape index (κ3) is 3.78. The minimum atomic E-state index is 0.155.